The lowest BCUT2D eigenvalue weighted by Crippen LogP contribution is -2.44. The number of rotatable bonds is 4. The fourth-order valence-electron chi connectivity index (χ4n) is 2.62. The summed E-state index contributed by atoms with van der Waals surface area (Å²) in [4.78, 5) is 23.8. The van der Waals surface area contributed by atoms with Gasteiger partial charge in [-0.05, 0) is 30.4 Å². The standard InChI is InChI=1S/C15H19N5OS/c1-10(20-6-2-12-11(9-20)3-7-22-12)8-19-15(21)13-14(16)18-5-4-17-13/h3-5,7,10H,2,6,8-9H2,1H3,(H2,16,18)(H,19,21). The molecule has 0 bridgehead atoms. The Bertz CT molecular complexity index is 671. The Labute approximate surface area is 133 Å². The number of thiophene rings is 1. The van der Waals surface area contributed by atoms with E-state index in [-0.39, 0.29) is 23.5 Å². The smallest absolute Gasteiger partial charge is 0.273 e. The van der Waals surface area contributed by atoms with Gasteiger partial charge in [-0.15, -0.1) is 11.3 Å². The monoisotopic (exact) mass is 317 g/mol. The maximum Gasteiger partial charge on any atom is 0.273 e. The third-order valence-electron chi connectivity index (χ3n) is 3.96. The second-order valence-electron chi connectivity index (χ2n) is 5.44. The number of carbonyl (C=O) groups excluding carboxylic acids is 1. The maximum absolute atomic E-state index is 12.1. The van der Waals surface area contributed by atoms with E-state index in [2.05, 4.69) is 38.6 Å². The predicted molar refractivity (Wildman–Crippen MR) is 86.7 cm³/mol. The molecule has 1 aliphatic rings. The molecular weight excluding hydrogens is 298 g/mol. The third-order valence-corrected chi connectivity index (χ3v) is 4.98. The summed E-state index contributed by atoms with van der Waals surface area (Å²) in [5.41, 5.74) is 7.27. The number of amides is 1. The minimum absolute atomic E-state index is 0.161. The Morgan fingerprint density at radius 2 is 2.32 bits per heavy atom. The Morgan fingerprint density at radius 1 is 1.50 bits per heavy atom. The first-order chi connectivity index (χ1) is 10.6. The van der Waals surface area contributed by atoms with Crippen LogP contribution in [0.2, 0.25) is 0 Å². The van der Waals surface area contributed by atoms with Gasteiger partial charge in [0.05, 0.1) is 0 Å². The fourth-order valence-corrected chi connectivity index (χ4v) is 3.51. The quantitative estimate of drug-likeness (QED) is 0.888. The highest BCUT2D eigenvalue weighted by Crippen LogP contribution is 2.24. The van der Waals surface area contributed by atoms with Crippen molar-refractivity contribution in [1.82, 2.24) is 20.2 Å². The van der Waals surface area contributed by atoms with Gasteiger partial charge in [0.1, 0.15) is 0 Å². The second-order valence-corrected chi connectivity index (χ2v) is 6.44. The van der Waals surface area contributed by atoms with Crippen molar-refractivity contribution in [2.24, 2.45) is 0 Å². The molecule has 3 rings (SSSR count). The SMILES string of the molecule is CC(CNC(=O)c1nccnc1N)N1CCc2sccc2C1. The molecule has 0 aliphatic carbocycles. The Hall–Kier alpha value is -1.99. The van der Waals surface area contributed by atoms with Crippen LogP contribution in [0.15, 0.2) is 23.8 Å². The summed E-state index contributed by atoms with van der Waals surface area (Å²) < 4.78 is 0. The summed E-state index contributed by atoms with van der Waals surface area (Å²) in [6.45, 7) is 4.66. The molecule has 1 amide bonds. The molecule has 1 aliphatic heterocycles. The van der Waals surface area contributed by atoms with Crippen LogP contribution in [-0.2, 0) is 13.0 Å². The molecule has 0 saturated heterocycles. The number of nitrogen functional groups attached to an aromatic ring is 1. The first-order valence-electron chi connectivity index (χ1n) is 7.29. The molecule has 2 aromatic rings. The number of nitrogens with zero attached hydrogens (tertiary/aromatic N) is 3. The largest absolute Gasteiger partial charge is 0.382 e. The third kappa shape index (κ3) is 3.10. The Morgan fingerprint density at radius 3 is 3.14 bits per heavy atom. The molecule has 0 spiro atoms. The van der Waals surface area contributed by atoms with Crippen molar-refractivity contribution in [3.63, 3.8) is 0 Å². The highest BCUT2D eigenvalue weighted by atomic mass is 32.1. The van der Waals surface area contributed by atoms with Crippen molar-refractivity contribution in [3.05, 3.63) is 40.0 Å². The Kier molecular flexibility index (Phi) is 4.35. The number of carbonyl (C=O) groups is 1. The van der Waals surface area contributed by atoms with Crippen molar-refractivity contribution >= 4 is 23.1 Å². The number of anilines is 1. The van der Waals surface area contributed by atoms with E-state index in [4.69, 9.17) is 5.73 Å². The zero-order valence-corrected chi connectivity index (χ0v) is 13.3. The molecule has 1 unspecified atom stereocenters. The van der Waals surface area contributed by atoms with Gasteiger partial charge in [0.2, 0.25) is 0 Å². The highest BCUT2D eigenvalue weighted by Gasteiger charge is 2.22. The summed E-state index contributed by atoms with van der Waals surface area (Å²) >= 11 is 1.83. The molecule has 22 heavy (non-hydrogen) atoms. The molecule has 0 saturated carbocycles. The van der Waals surface area contributed by atoms with Gasteiger partial charge in [0, 0.05) is 42.9 Å². The molecular formula is C15H19N5OS. The molecule has 2 aromatic heterocycles. The summed E-state index contributed by atoms with van der Waals surface area (Å²) in [5, 5.41) is 5.04. The van der Waals surface area contributed by atoms with E-state index in [1.807, 2.05) is 11.3 Å². The van der Waals surface area contributed by atoms with Crippen LogP contribution in [0, 0.1) is 0 Å². The molecule has 3 heterocycles. The molecule has 0 fully saturated rings. The fraction of sp³-hybridized carbons (Fsp3) is 0.400. The topological polar surface area (TPSA) is 84.1 Å². The number of hydrogen-bond donors (Lipinski definition) is 2. The van der Waals surface area contributed by atoms with Gasteiger partial charge in [0.25, 0.3) is 5.91 Å². The van der Waals surface area contributed by atoms with E-state index in [9.17, 15) is 4.79 Å². The van der Waals surface area contributed by atoms with Gasteiger partial charge in [0.15, 0.2) is 11.5 Å². The minimum atomic E-state index is -0.273. The number of nitrogens with two attached hydrogens (primary N) is 1. The van der Waals surface area contributed by atoms with Gasteiger partial charge in [-0.25, -0.2) is 9.97 Å². The van der Waals surface area contributed by atoms with Gasteiger partial charge < -0.3 is 11.1 Å². The van der Waals surface area contributed by atoms with Crippen LogP contribution in [0.4, 0.5) is 5.82 Å². The summed E-state index contributed by atoms with van der Waals surface area (Å²) in [7, 11) is 0. The molecule has 1 atom stereocenters. The molecule has 7 heteroatoms. The van der Waals surface area contributed by atoms with Crippen molar-refractivity contribution in [3.8, 4) is 0 Å². The van der Waals surface area contributed by atoms with Crippen LogP contribution in [0.1, 0.15) is 27.9 Å². The van der Waals surface area contributed by atoms with Gasteiger partial charge in [-0.2, -0.15) is 0 Å². The van der Waals surface area contributed by atoms with E-state index in [1.54, 1.807) is 0 Å². The van der Waals surface area contributed by atoms with Crippen molar-refractivity contribution in [1.29, 1.82) is 0 Å². The molecule has 116 valence electrons. The zero-order valence-electron chi connectivity index (χ0n) is 12.5. The van der Waals surface area contributed by atoms with E-state index in [0.29, 0.717) is 6.54 Å². The number of nitrogens with one attached hydrogen (secondary N) is 1. The normalized spacial score (nSPS) is 16.0. The lowest BCUT2D eigenvalue weighted by molar-refractivity contribution is 0.0928. The maximum atomic E-state index is 12.1. The van der Waals surface area contributed by atoms with Crippen LogP contribution in [0.25, 0.3) is 0 Å². The van der Waals surface area contributed by atoms with E-state index >= 15 is 0 Å². The van der Waals surface area contributed by atoms with Gasteiger partial charge in [-0.1, -0.05) is 0 Å². The number of fused-ring (bicyclic) bond motifs is 1. The zero-order chi connectivity index (χ0) is 15.5. The van der Waals surface area contributed by atoms with Gasteiger partial charge >= 0.3 is 0 Å². The molecule has 3 N–H and O–H groups in total. The van der Waals surface area contributed by atoms with Crippen LogP contribution < -0.4 is 11.1 Å². The highest BCUT2D eigenvalue weighted by molar-refractivity contribution is 7.10. The summed E-state index contributed by atoms with van der Waals surface area (Å²) in [6, 6.07) is 2.45. The van der Waals surface area contributed by atoms with E-state index in [1.165, 1.54) is 22.8 Å². The van der Waals surface area contributed by atoms with Crippen LogP contribution in [0.3, 0.4) is 0 Å². The van der Waals surface area contributed by atoms with Crippen LogP contribution in [0.5, 0.6) is 0 Å². The average molecular weight is 317 g/mol. The first-order valence-corrected chi connectivity index (χ1v) is 8.17. The minimum Gasteiger partial charge on any atom is -0.382 e. The van der Waals surface area contributed by atoms with E-state index < -0.39 is 0 Å². The Balaban J connectivity index is 1.56. The summed E-state index contributed by atoms with van der Waals surface area (Å²) in [6.07, 6.45) is 4.03. The van der Waals surface area contributed by atoms with E-state index in [0.717, 1.165) is 19.5 Å². The first kappa shape index (κ1) is 14.9. The second kappa shape index (κ2) is 6.41. The molecule has 0 radical (unpaired) electrons. The predicted octanol–water partition coefficient (Wildman–Crippen LogP) is 1.30. The van der Waals surface area contributed by atoms with Crippen LogP contribution >= 0.6 is 11.3 Å². The number of aromatic nitrogens is 2. The lowest BCUT2D eigenvalue weighted by Gasteiger charge is -2.32. The van der Waals surface area contributed by atoms with Crippen molar-refractivity contribution < 1.29 is 4.79 Å². The van der Waals surface area contributed by atoms with Crippen molar-refractivity contribution in [2.75, 3.05) is 18.8 Å². The van der Waals surface area contributed by atoms with Crippen molar-refractivity contribution in [2.45, 2.75) is 25.9 Å². The average Bonchev–Trinajstić information content (AvgIpc) is 3.00. The molecule has 0 aromatic carbocycles. The lowest BCUT2D eigenvalue weighted by atomic mass is 10.1. The van der Waals surface area contributed by atoms with Crippen LogP contribution in [-0.4, -0.2) is 39.9 Å². The van der Waals surface area contributed by atoms with Gasteiger partial charge in [-0.3, -0.25) is 9.69 Å². The summed E-state index contributed by atoms with van der Waals surface area (Å²) in [5.74, 6) is -0.112. The molecule has 6 nitrogen and oxygen atoms in total. The number of hydrogen-bond acceptors (Lipinski definition) is 6.